The molecule has 0 saturated heterocycles. The Labute approximate surface area is 157 Å². The van der Waals surface area contributed by atoms with Crippen LogP contribution in [0, 0.1) is 0 Å². The minimum Gasteiger partial charge on any atom is -0.382 e. The number of carbonyl (C=O) groups is 1. The van der Waals surface area contributed by atoms with Gasteiger partial charge in [0, 0.05) is 12.6 Å². The number of nitrogen functional groups attached to an aromatic ring is 1. The molecule has 0 atom stereocenters. The van der Waals surface area contributed by atoms with Crippen LogP contribution in [-0.4, -0.2) is 43.2 Å². The Morgan fingerprint density at radius 1 is 1.38 bits per heavy atom. The Balaban J connectivity index is 2.67. The molecule has 6 N–H and O–H groups in total. The zero-order chi connectivity index (χ0) is 19.7. The average Bonchev–Trinajstić information content (AvgIpc) is 2.54. The number of hydrogen-bond donors (Lipinski definition) is 5. The highest BCUT2D eigenvalue weighted by molar-refractivity contribution is 7.87. The van der Waals surface area contributed by atoms with Gasteiger partial charge in [-0.1, -0.05) is 24.9 Å². The first-order valence-corrected chi connectivity index (χ1v) is 9.70. The lowest BCUT2D eigenvalue weighted by Gasteiger charge is -2.12. The minimum absolute atomic E-state index is 0.0178. The van der Waals surface area contributed by atoms with Crippen molar-refractivity contribution < 1.29 is 13.2 Å². The van der Waals surface area contributed by atoms with Crippen molar-refractivity contribution in [1.29, 1.82) is 0 Å². The monoisotopic (exact) mass is 406 g/mol. The minimum atomic E-state index is -3.78. The molecule has 0 spiro atoms. The van der Waals surface area contributed by atoms with Gasteiger partial charge in [-0.2, -0.15) is 23.1 Å². The van der Waals surface area contributed by atoms with Crippen LogP contribution < -0.4 is 25.9 Å². The van der Waals surface area contributed by atoms with Crippen molar-refractivity contribution >= 4 is 45.7 Å². The third-order valence-electron chi connectivity index (χ3n) is 2.78. The summed E-state index contributed by atoms with van der Waals surface area (Å²) in [7, 11) is -3.78. The van der Waals surface area contributed by atoms with E-state index in [1.807, 2.05) is 25.6 Å². The van der Waals surface area contributed by atoms with Crippen LogP contribution in [0.5, 0.6) is 0 Å². The van der Waals surface area contributed by atoms with E-state index in [0.29, 0.717) is 6.42 Å². The lowest BCUT2D eigenvalue weighted by molar-refractivity contribution is 0.0974. The van der Waals surface area contributed by atoms with E-state index in [1.54, 1.807) is 0 Å². The number of nitrogens with zero attached hydrogens (tertiary/aromatic N) is 3. The van der Waals surface area contributed by atoms with Crippen molar-refractivity contribution in [2.24, 2.45) is 5.10 Å². The third-order valence-corrected chi connectivity index (χ3v) is 3.97. The molecule has 0 saturated carbocycles. The van der Waals surface area contributed by atoms with Crippen molar-refractivity contribution in [3.8, 4) is 0 Å². The van der Waals surface area contributed by atoms with Crippen molar-refractivity contribution in [2.45, 2.75) is 39.7 Å². The van der Waals surface area contributed by atoms with Gasteiger partial charge >= 0.3 is 10.2 Å². The van der Waals surface area contributed by atoms with Gasteiger partial charge in [-0.05, 0) is 20.3 Å². The van der Waals surface area contributed by atoms with Crippen LogP contribution in [-0.2, 0) is 10.2 Å². The van der Waals surface area contributed by atoms with E-state index in [-0.39, 0.29) is 35.1 Å². The zero-order valence-corrected chi connectivity index (χ0v) is 16.3. The number of amides is 1. The van der Waals surface area contributed by atoms with Crippen LogP contribution in [0.15, 0.2) is 5.10 Å². The summed E-state index contributed by atoms with van der Waals surface area (Å²) in [6, 6.07) is 0.0481. The number of nitrogens with two attached hydrogens (primary N) is 1. The highest BCUT2D eigenvalue weighted by atomic mass is 35.5. The van der Waals surface area contributed by atoms with Crippen LogP contribution in [0.4, 0.5) is 11.6 Å². The molecule has 1 heterocycles. The highest BCUT2D eigenvalue weighted by Gasteiger charge is 2.16. The van der Waals surface area contributed by atoms with Crippen molar-refractivity contribution in [2.75, 3.05) is 17.6 Å². The second-order valence-corrected chi connectivity index (χ2v) is 7.31. The van der Waals surface area contributed by atoms with E-state index in [1.165, 1.54) is 0 Å². The number of anilines is 2. The molecule has 0 aliphatic heterocycles. The fraction of sp³-hybridized carbons (Fsp3) is 0.538. The molecule has 13 heteroatoms. The zero-order valence-electron chi connectivity index (χ0n) is 14.7. The first kappa shape index (κ1) is 21.9. The Morgan fingerprint density at radius 3 is 2.69 bits per heavy atom. The van der Waals surface area contributed by atoms with E-state index in [9.17, 15) is 13.2 Å². The molecule has 0 fully saturated rings. The van der Waals surface area contributed by atoms with Crippen molar-refractivity contribution in [3.63, 3.8) is 0 Å². The summed E-state index contributed by atoms with van der Waals surface area (Å²) in [6.07, 6.45) is 2.40. The summed E-state index contributed by atoms with van der Waals surface area (Å²) in [5.74, 6) is -0.615. The fourth-order valence-corrected chi connectivity index (χ4v) is 2.48. The molecule has 0 unspecified atom stereocenters. The third kappa shape index (κ3) is 7.37. The SMILES string of the molecule is CCCCNS(=O)(=O)N/N=C/NC(=O)c1nc(Cl)c(NC(C)C)nc1N. The number of hydrazone groups is 1. The van der Waals surface area contributed by atoms with Gasteiger partial charge in [-0.25, -0.2) is 9.97 Å². The summed E-state index contributed by atoms with van der Waals surface area (Å²) >= 11 is 5.97. The van der Waals surface area contributed by atoms with Gasteiger partial charge in [0.2, 0.25) is 0 Å². The standard InChI is InChI=1S/C13H23ClN8O3S/c1-4-5-6-18-26(24,25)22-17-7-16-13(23)9-11(15)21-12(10(14)20-9)19-8(2)3/h7-8,18,22H,4-6H2,1-3H3,(H3,15,19,21)(H,16,17,23). The molecule has 0 aliphatic rings. The summed E-state index contributed by atoms with van der Waals surface area (Å²) < 4.78 is 25.3. The van der Waals surface area contributed by atoms with Gasteiger partial charge in [-0.3, -0.25) is 4.79 Å². The molecule has 146 valence electrons. The first-order chi connectivity index (χ1) is 12.2. The molecule has 0 aromatic carbocycles. The maximum absolute atomic E-state index is 12.0. The average molecular weight is 407 g/mol. The number of hydrogen-bond acceptors (Lipinski definition) is 8. The van der Waals surface area contributed by atoms with E-state index in [2.05, 4.69) is 30.4 Å². The largest absolute Gasteiger partial charge is 0.382 e. The molecule has 1 aromatic rings. The molecule has 0 bridgehead atoms. The summed E-state index contributed by atoms with van der Waals surface area (Å²) in [5.41, 5.74) is 5.50. The highest BCUT2D eigenvalue weighted by Crippen LogP contribution is 2.20. The summed E-state index contributed by atoms with van der Waals surface area (Å²) in [5, 5.41) is 8.55. The predicted octanol–water partition coefficient (Wildman–Crippen LogP) is 0.430. The van der Waals surface area contributed by atoms with Gasteiger partial charge in [0.1, 0.15) is 6.34 Å². The van der Waals surface area contributed by atoms with Crippen LogP contribution in [0.25, 0.3) is 0 Å². The molecule has 26 heavy (non-hydrogen) atoms. The molecule has 0 aliphatic carbocycles. The molecule has 1 aromatic heterocycles. The topological polar surface area (TPSA) is 163 Å². The van der Waals surface area contributed by atoms with E-state index in [0.717, 1.165) is 12.8 Å². The Kier molecular flexibility index (Phi) is 8.48. The Hall–Kier alpha value is -2.18. The second kappa shape index (κ2) is 10.1. The second-order valence-electron chi connectivity index (χ2n) is 5.47. The van der Waals surface area contributed by atoms with Crippen LogP contribution >= 0.6 is 11.6 Å². The first-order valence-electron chi connectivity index (χ1n) is 7.84. The maximum Gasteiger partial charge on any atom is 0.314 e. The molecule has 1 rings (SSSR count). The molecular weight excluding hydrogens is 384 g/mol. The predicted molar refractivity (Wildman–Crippen MR) is 101 cm³/mol. The van der Waals surface area contributed by atoms with Gasteiger partial charge in [0.25, 0.3) is 5.91 Å². The number of rotatable bonds is 10. The molecule has 1 amide bonds. The number of unbranched alkanes of at least 4 members (excludes halogenated alkanes) is 1. The van der Waals surface area contributed by atoms with Crippen LogP contribution in [0.3, 0.4) is 0 Å². The number of halogens is 1. The Bertz CT molecular complexity index is 754. The Morgan fingerprint density at radius 2 is 2.08 bits per heavy atom. The van der Waals surface area contributed by atoms with E-state index >= 15 is 0 Å². The number of nitrogens with one attached hydrogen (secondary N) is 4. The number of carbonyl (C=O) groups excluding carboxylic acids is 1. The summed E-state index contributed by atoms with van der Waals surface area (Å²) in [6.45, 7) is 5.98. The lowest BCUT2D eigenvalue weighted by atomic mass is 10.3. The smallest absolute Gasteiger partial charge is 0.314 e. The van der Waals surface area contributed by atoms with Crippen LogP contribution in [0.1, 0.15) is 44.1 Å². The van der Waals surface area contributed by atoms with Crippen molar-refractivity contribution in [3.05, 3.63) is 10.8 Å². The van der Waals surface area contributed by atoms with E-state index in [4.69, 9.17) is 17.3 Å². The van der Waals surface area contributed by atoms with Crippen LogP contribution in [0.2, 0.25) is 5.15 Å². The van der Waals surface area contributed by atoms with Gasteiger partial charge in [0.15, 0.2) is 22.5 Å². The maximum atomic E-state index is 12.0. The van der Waals surface area contributed by atoms with Crippen molar-refractivity contribution in [1.82, 2.24) is 24.8 Å². The van der Waals surface area contributed by atoms with Gasteiger partial charge < -0.3 is 16.4 Å². The quantitative estimate of drug-likeness (QED) is 0.163. The number of aromatic nitrogens is 2. The van der Waals surface area contributed by atoms with Gasteiger partial charge in [0.05, 0.1) is 0 Å². The molecule has 11 nitrogen and oxygen atoms in total. The molecule has 0 radical (unpaired) electrons. The summed E-state index contributed by atoms with van der Waals surface area (Å²) in [4.78, 5) is 21.8. The van der Waals surface area contributed by atoms with E-state index < -0.39 is 16.1 Å². The van der Waals surface area contributed by atoms with Gasteiger partial charge in [-0.15, -0.1) is 0 Å². The lowest BCUT2D eigenvalue weighted by Crippen LogP contribution is -2.35. The molecular formula is C13H23ClN8O3S. The normalized spacial score (nSPS) is 11.7. The fourth-order valence-electron chi connectivity index (χ4n) is 1.63.